The Morgan fingerprint density at radius 2 is 1.63 bits per heavy atom. The summed E-state index contributed by atoms with van der Waals surface area (Å²) < 4.78 is 34.4. The van der Waals surface area contributed by atoms with Crippen LogP contribution < -0.4 is 10.1 Å². The highest BCUT2D eigenvalue weighted by Crippen LogP contribution is 2.28. The van der Waals surface area contributed by atoms with Crippen LogP contribution in [0, 0.1) is 0 Å². The Morgan fingerprint density at radius 3 is 2.23 bits per heavy atom. The number of piperazine rings is 1. The molecule has 0 radical (unpaired) electrons. The minimum Gasteiger partial charge on any atom is -0.495 e. The monoisotopic (exact) mass is 458 g/mol. The van der Waals surface area contributed by atoms with Crippen molar-refractivity contribution >= 4 is 33.4 Å². The molecule has 0 aromatic heterocycles. The van der Waals surface area contributed by atoms with Crippen molar-refractivity contribution in [2.24, 2.45) is 0 Å². The maximum absolute atomic E-state index is 13.0. The summed E-state index contributed by atoms with van der Waals surface area (Å²) in [7, 11) is -1.90. The van der Waals surface area contributed by atoms with E-state index in [1.54, 1.807) is 26.8 Å². The number of hydrogen-bond acceptors (Lipinski definition) is 5. The number of carbonyl (C=O) groups excluding carboxylic acids is 1. The highest BCUT2D eigenvalue weighted by molar-refractivity contribution is 7.86. The molecule has 0 spiro atoms. The van der Waals surface area contributed by atoms with Gasteiger partial charge in [0.15, 0.2) is 0 Å². The summed E-state index contributed by atoms with van der Waals surface area (Å²) in [4.78, 5) is 14.8. The third-order valence-corrected chi connectivity index (χ3v) is 8.11. The summed E-state index contributed by atoms with van der Waals surface area (Å²) in [6, 6.07) is 4.65. The fraction of sp³-hybridized carbons (Fsp3) is 0.650. The number of carbonyl (C=O) groups is 1. The van der Waals surface area contributed by atoms with Gasteiger partial charge in [-0.15, -0.1) is 0 Å². The van der Waals surface area contributed by atoms with Crippen molar-refractivity contribution in [3.63, 3.8) is 0 Å². The van der Waals surface area contributed by atoms with Crippen LogP contribution in [0.5, 0.6) is 5.75 Å². The van der Waals surface area contributed by atoms with E-state index in [0.717, 1.165) is 25.7 Å². The quantitative estimate of drug-likeness (QED) is 0.707. The summed E-state index contributed by atoms with van der Waals surface area (Å²) >= 11 is 6.03. The fourth-order valence-electron chi connectivity index (χ4n) is 3.94. The van der Waals surface area contributed by atoms with Crippen LogP contribution in [0.1, 0.15) is 32.6 Å². The van der Waals surface area contributed by atoms with E-state index in [0.29, 0.717) is 55.7 Å². The number of ether oxygens (including phenoxy) is 1. The lowest BCUT2D eigenvalue weighted by Crippen LogP contribution is -2.56. The molecule has 168 valence electrons. The van der Waals surface area contributed by atoms with Gasteiger partial charge in [-0.3, -0.25) is 9.69 Å². The average molecular weight is 459 g/mol. The lowest BCUT2D eigenvalue weighted by Gasteiger charge is -2.38. The number of nitrogens with one attached hydrogen (secondary N) is 1. The van der Waals surface area contributed by atoms with E-state index < -0.39 is 16.3 Å². The minimum atomic E-state index is -3.43. The molecular formula is C20H31ClN4O4S. The second-order valence-electron chi connectivity index (χ2n) is 7.77. The topological polar surface area (TPSA) is 82.2 Å². The zero-order chi connectivity index (χ0) is 21.7. The van der Waals surface area contributed by atoms with Crippen LogP contribution in [0.15, 0.2) is 18.2 Å². The fourth-order valence-corrected chi connectivity index (χ4v) is 5.78. The molecule has 10 heteroatoms. The van der Waals surface area contributed by atoms with Crippen molar-refractivity contribution in [3.05, 3.63) is 23.2 Å². The first-order valence-corrected chi connectivity index (χ1v) is 12.2. The van der Waals surface area contributed by atoms with Gasteiger partial charge in [-0.2, -0.15) is 17.0 Å². The van der Waals surface area contributed by atoms with Crippen LogP contribution in [0.2, 0.25) is 5.02 Å². The van der Waals surface area contributed by atoms with Gasteiger partial charge < -0.3 is 10.1 Å². The van der Waals surface area contributed by atoms with Crippen LogP contribution in [-0.4, -0.2) is 80.3 Å². The van der Waals surface area contributed by atoms with E-state index in [1.165, 1.54) is 7.11 Å². The summed E-state index contributed by atoms with van der Waals surface area (Å²) in [5.74, 6) is 0.354. The van der Waals surface area contributed by atoms with Gasteiger partial charge >= 0.3 is 0 Å². The van der Waals surface area contributed by atoms with E-state index in [4.69, 9.17) is 16.3 Å². The van der Waals surface area contributed by atoms with Crippen LogP contribution in [0.4, 0.5) is 5.69 Å². The zero-order valence-corrected chi connectivity index (χ0v) is 19.2. The first-order valence-electron chi connectivity index (χ1n) is 10.5. The van der Waals surface area contributed by atoms with Crippen molar-refractivity contribution < 1.29 is 17.9 Å². The van der Waals surface area contributed by atoms with Gasteiger partial charge in [-0.05, 0) is 38.0 Å². The summed E-state index contributed by atoms with van der Waals surface area (Å²) in [5, 5.41) is 3.37. The molecule has 2 aliphatic heterocycles. The Morgan fingerprint density at radius 1 is 1.03 bits per heavy atom. The molecule has 2 fully saturated rings. The molecule has 1 unspecified atom stereocenters. The molecule has 0 bridgehead atoms. The number of hydrogen-bond donors (Lipinski definition) is 1. The number of amides is 1. The molecule has 30 heavy (non-hydrogen) atoms. The van der Waals surface area contributed by atoms with Gasteiger partial charge in [0, 0.05) is 44.3 Å². The van der Waals surface area contributed by atoms with Gasteiger partial charge in [0.2, 0.25) is 5.91 Å². The molecule has 0 saturated carbocycles. The SMILES string of the molecule is COc1ccc(Cl)cc1NC(=O)C(C)N1CCN(S(=O)(=O)N2CCCCCC2)CC1. The lowest BCUT2D eigenvalue weighted by atomic mass is 10.2. The van der Waals surface area contributed by atoms with Gasteiger partial charge in [-0.1, -0.05) is 24.4 Å². The molecule has 1 atom stereocenters. The van der Waals surface area contributed by atoms with E-state index >= 15 is 0 Å². The Hall–Kier alpha value is -1.39. The normalized spacial score (nSPS) is 21.0. The standard InChI is InChI=1S/C20H31ClN4O4S/c1-16(20(26)22-18-15-17(21)7-8-19(18)29-2)23-11-13-25(14-12-23)30(27,28)24-9-5-3-4-6-10-24/h7-8,15-16H,3-6,9-14H2,1-2H3,(H,22,26). The molecule has 3 rings (SSSR count). The minimum absolute atomic E-state index is 0.181. The second-order valence-corrected chi connectivity index (χ2v) is 10.1. The predicted molar refractivity (Wildman–Crippen MR) is 118 cm³/mol. The molecule has 1 N–H and O–H groups in total. The number of methoxy groups -OCH3 is 1. The first-order chi connectivity index (χ1) is 14.3. The van der Waals surface area contributed by atoms with Gasteiger partial charge in [0.05, 0.1) is 18.8 Å². The van der Waals surface area contributed by atoms with Crippen LogP contribution >= 0.6 is 11.6 Å². The molecule has 1 aromatic carbocycles. The summed E-state index contributed by atoms with van der Waals surface area (Å²) in [5.41, 5.74) is 0.518. The largest absolute Gasteiger partial charge is 0.495 e. The molecule has 2 heterocycles. The third-order valence-electron chi connectivity index (χ3n) is 5.84. The van der Waals surface area contributed by atoms with Gasteiger partial charge in [-0.25, -0.2) is 0 Å². The average Bonchev–Trinajstić information content (AvgIpc) is 3.03. The molecule has 2 saturated heterocycles. The van der Waals surface area contributed by atoms with Gasteiger partial charge in [0.25, 0.3) is 10.2 Å². The van der Waals surface area contributed by atoms with Gasteiger partial charge in [0.1, 0.15) is 5.75 Å². The molecule has 1 amide bonds. The van der Waals surface area contributed by atoms with Crippen LogP contribution in [0.3, 0.4) is 0 Å². The zero-order valence-electron chi connectivity index (χ0n) is 17.6. The Balaban J connectivity index is 1.57. The Labute approximate surface area is 184 Å². The van der Waals surface area contributed by atoms with Crippen LogP contribution in [-0.2, 0) is 15.0 Å². The predicted octanol–water partition coefficient (Wildman–Crippen LogP) is 2.41. The highest BCUT2D eigenvalue weighted by Gasteiger charge is 2.34. The van der Waals surface area contributed by atoms with Crippen molar-refractivity contribution in [2.75, 3.05) is 51.7 Å². The van der Waals surface area contributed by atoms with E-state index in [-0.39, 0.29) is 5.91 Å². The lowest BCUT2D eigenvalue weighted by molar-refractivity contribution is -0.121. The molecule has 1 aromatic rings. The third kappa shape index (κ3) is 5.45. The number of nitrogens with zero attached hydrogens (tertiary/aromatic N) is 3. The number of anilines is 1. The highest BCUT2D eigenvalue weighted by atomic mass is 35.5. The number of benzene rings is 1. The van der Waals surface area contributed by atoms with Crippen molar-refractivity contribution in [1.82, 2.24) is 13.5 Å². The maximum atomic E-state index is 13.0. The summed E-state index contributed by atoms with van der Waals surface area (Å²) in [6.45, 7) is 4.81. The van der Waals surface area contributed by atoms with Crippen molar-refractivity contribution in [1.29, 1.82) is 0 Å². The van der Waals surface area contributed by atoms with Crippen molar-refractivity contribution in [3.8, 4) is 5.75 Å². The maximum Gasteiger partial charge on any atom is 0.282 e. The molecular weight excluding hydrogens is 428 g/mol. The Bertz CT molecular complexity index is 835. The molecule has 8 nitrogen and oxygen atoms in total. The Kier molecular flexibility index (Phi) is 7.98. The van der Waals surface area contributed by atoms with Crippen molar-refractivity contribution in [2.45, 2.75) is 38.6 Å². The smallest absolute Gasteiger partial charge is 0.282 e. The van der Waals surface area contributed by atoms with E-state index in [9.17, 15) is 13.2 Å². The second kappa shape index (κ2) is 10.3. The molecule has 2 aliphatic rings. The van der Waals surface area contributed by atoms with E-state index in [1.807, 2.05) is 11.8 Å². The first kappa shape index (κ1) is 23.3. The number of halogens is 1. The number of rotatable bonds is 6. The van der Waals surface area contributed by atoms with Crippen LogP contribution in [0.25, 0.3) is 0 Å². The molecule has 0 aliphatic carbocycles. The van der Waals surface area contributed by atoms with E-state index in [2.05, 4.69) is 5.32 Å². The summed E-state index contributed by atoms with van der Waals surface area (Å²) in [6.07, 6.45) is 4.01.